The number of sulfonamides is 1. The molecule has 1 fully saturated rings. The van der Waals surface area contributed by atoms with Crippen LogP contribution in [-0.4, -0.2) is 31.8 Å². The average molecular weight is 408 g/mol. The molecule has 1 saturated heterocycles. The van der Waals surface area contributed by atoms with Crippen LogP contribution in [0.4, 0.5) is 0 Å². The monoisotopic (exact) mass is 407 g/mol. The molecule has 0 radical (unpaired) electrons. The Kier molecular flexibility index (Phi) is 5.60. The summed E-state index contributed by atoms with van der Waals surface area (Å²) in [5, 5.41) is 0.0985. The zero-order valence-electron chi connectivity index (χ0n) is 15.6. The van der Waals surface area contributed by atoms with Gasteiger partial charge in [0.15, 0.2) is 0 Å². The van der Waals surface area contributed by atoms with Crippen molar-refractivity contribution < 1.29 is 17.9 Å². The van der Waals surface area contributed by atoms with Crippen molar-refractivity contribution in [3.8, 4) is 5.75 Å². The Morgan fingerprint density at radius 3 is 2.33 bits per heavy atom. The quantitative estimate of drug-likeness (QED) is 0.560. The zero-order valence-corrected chi connectivity index (χ0v) is 17.2. The van der Waals surface area contributed by atoms with E-state index in [0.29, 0.717) is 18.8 Å². The van der Waals surface area contributed by atoms with Crippen molar-refractivity contribution >= 4 is 27.6 Å². The topological polar surface area (TPSA) is 63.7 Å². The fourth-order valence-electron chi connectivity index (χ4n) is 3.13. The third-order valence-corrected chi connectivity index (χ3v) is 7.30. The van der Waals surface area contributed by atoms with E-state index in [1.807, 2.05) is 32.9 Å². The van der Waals surface area contributed by atoms with Gasteiger partial charge in [0.2, 0.25) is 10.0 Å². The summed E-state index contributed by atoms with van der Waals surface area (Å²) in [5.74, 6) is -0.111. The minimum Gasteiger partial charge on any atom is -0.422 e. The summed E-state index contributed by atoms with van der Waals surface area (Å²) in [7, 11) is -3.73. The summed E-state index contributed by atoms with van der Waals surface area (Å²) in [6.45, 7) is 6.62. The molecule has 0 aromatic heterocycles. The van der Waals surface area contributed by atoms with E-state index in [9.17, 15) is 13.2 Å². The van der Waals surface area contributed by atoms with Crippen LogP contribution in [0.3, 0.4) is 0 Å². The second kappa shape index (κ2) is 7.62. The molecule has 7 heteroatoms. The van der Waals surface area contributed by atoms with Crippen LogP contribution in [0, 0.1) is 20.8 Å². The van der Waals surface area contributed by atoms with Crippen LogP contribution in [0.1, 0.15) is 39.9 Å². The predicted molar refractivity (Wildman–Crippen MR) is 105 cm³/mol. The molecular weight excluding hydrogens is 386 g/mol. The number of hydrogen-bond donors (Lipinski definition) is 0. The molecule has 1 heterocycles. The lowest BCUT2D eigenvalue weighted by Gasteiger charge is -2.17. The minimum atomic E-state index is -3.73. The lowest BCUT2D eigenvalue weighted by Crippen LogP contribution is -2.28. The van der Waals surface area contributed by atoms with E-state index in [1.165, 1.54) is 22.5 Å². The third-order valence-electron chi connectivity index (χ3n) is 4.92. The Hall–Kier alpha value is -1.89. The van der Waals surface area contributed by atoms with E-state index in [1.54, 1.807) is 0 Å². The maximum absolute atomic E-state index is 12.8. The van der Waals surface area contributed by atoms with Gasteiger partial charge in [-0.3, -0.25) is 0 Å². The van der Waals surface area contributed by atoms with Gasteiger partial charge >= 0.3 is 5.97 Å². The highest BCUT2D eigenvalue weighted by atomic mass is 35.5. The molecule has 1 aliphatic heterocycles. The number of benzene rings is 2. The van der Waals surface area contributed by atoms with Gasteiger partial charge in [0.05, 0.1) is 10.6 Å². The number of nitrogens with zero attached hydrogens (tertiary/aromatic N) is 1. The van der Waals surface area contributed by atoms with Crippen LogP contribution in [0.5, 0.6) is 5.75 Å². The highest BCUT2D eigenvalue weighted by molar-refractivity contribution is 7.89. The van der Waals surface area contributed by atoms with Crippen LogP contribution in [0.2, 0.25) is 5.02 Å². The second-order valence-corrected chi connectivity index (χ2v) is 9.11. The highest BCUT2D eigenvalue weighted by Crippen LogP contribution is 2.30. The molecule has 0 saturated carbocycles. The number of esters is 1. The molecule has 0 amide bonds. The van der Waals surface area contributed by atoms with Gasteiger partial charge in [-0.05, 0) is 68.5 Å². The van der Waals surface area contributed by atoms with Gasteiger partial charge < -0.3 is 4.74 Å². The minimum absolute atomic E-state index is 0.0572. The van der Waals surface area contributed by atoms with Crippen molar-refractivity contribution in [2.24, 2.45) is 0 Å². The summed E-state index contributed by atoms with van der Waals surface area (Å²) < 4.78 is 32.6. The van der Waals surface area contributed by atoms with E-state index in [0.717, 1.165) is 29.5 Å². The normalized spacial score (nSPS) is 15.1. The molecule has 2 aromatic carbocycles. The molecule has 27 heavy (non-hydrogen) atoms. The maximum atomic E-state index is 12.8. The number of ether oxygens (including phenoxy) is 1. The number of carbonyl (C=O) groups is 1. The van der Waals surface area contributed by atoms with Gasteiger partial charge in [-0.1, -0.05) is 23.7 Å². The molecule has 2 aromatic rings. The summed E-state index contributed by atoms with van der Waals surface area (Å²) in [5.41, 5.74) is 2.88. The van der Waals surface area contributed by atoms with Gasteiger partial charge in [0.25, 0.3) is 0 Å². The summed E-state index contributed by atoms with van der Waals surface area (Å²) in [6.07, 6.45) is 1.65. The lowest BCUT2D eigenvalue weighted by molar-refractivity contribution is 0.0732. The first-order chi connectivity index (χ1) is 12.7. The first-order valence-corrected chi connectivity index (χ1v) is 10.6. The van der Waals surface area contributed by atoms with Crippen LogP contribution < -0.4 is 4.74 Å². The Morgan fingerprint density at radius 2 is 1.67 bits per heavy atom. The second-order valence-electron chi connectivity index (χ2n) is 6.80. The number of rotatable bonds is 4. The molecule has 0 N–H and O–H groups in total. The molecule has 0 aliphatic carbocycles. The molecular formula is C20H22ClNO4S. The van der Waals surface area contributed by atoms with E-state index < -0.39 is 16.0 Å². The van der Waals surface area contributed by atoms with Gasteiger partial charge in [-0.2, -0.15) is 4.31 Å². The molecule has 0 bridgehead atoms. The van der Waals surface area contributed by atoms with Crippen LogP contribution in [-0.2, 0) is 10.0 Å². The Labute approximate surface area is 165 Å². The fourth-order valence-corrected chi connectivity index (χ4v) is 5.15. The number of hydrogen-bond acceptors (Lipinski definition) is 4. The van der Waals surface area contributed by atoms with Gasteiger partial charge in [-0.15, -0.1) is 0 Å². The molecule has 0 spiro atoms. The van der Waals surface area contributed by atoms with Gasteiger partial charge in [0, 0.05) is 13.1 Å². The fraction of sp³-hybridized carbons (Fsp3) is 0.350. The standard InChI is InChI=1S/C20H22ClNO4S/c1-13-6-7-14(2)19(15(13)3)26-20(23)16-8-9-17(21)18(12-16)27(24,25)22-10-4-5-11-22/h6-9,12H,4-5,10-11H2,1-3H3. The summed E-state index contributed by atoms with van der Waals surface area (Å²) in [4.78, 5) is 12.6. The molecule has 0 unspecified atom stereocenters. The van der Waals surface area contributed by atoms with E-state index in [-0.39, 0.29) is 15.5 Å². The number of carbonyl (C=O) groups excluding carboxylic acids is 1. The SMILES string of the molecule is Cc1ccc(C)c(OC(=O)c2ccc(Cl)c(S(=O)(=O)N3CCCC3)c2)c1C. The first kappa shape index (κ1) is 19.9. The van der Waals surface area contributed by atoms with Crippen LogP contribution in [0.15, 0.2) is 35.2 Å². The van der Waals surface area contributed by atoms with Crippen molar-refractivity contribution in [3.63, 3.8) is 0 Å². The van der Waals surface area contributed by atoms with Crippen molar-refractivity contribution in [2.75, 3.05) is 13.1 Å². The summed E-state index contributed by atoms with van der Waals surface area (Å²) in [6, 6.07) is 8.06. The number of aryl methyl sites for hydroxylation is 2. The van der Waals surface area contributed by atoms with E-state index >= 15 is 0 Å². The lowest BCUT2D eigenvalue weighted by atomic mass is 10.1. The Bertz CT molecular complexity index is 995. The van der Waals surface area contributed by atoms with Crippen molar-refractivity contribution in [1.29, 1.82) is 0 Å². The molecule has 3 rings (SSSR count). The van der Waals surface area contributed by atoms with Gasteiger partial charge in [0.1, 0.15) is 10.6 Å². The molecule has 0 atom stereocenters. The Morgan fingerprint density at radius 1 is 1.04 bits per heavy atom. The summed E-state index contributed by atoms with van der Waals surface area (Å²) >= 11 is 6.14. The maximum Gasteiger partial charge on any atom is 0.343 e. The van der Waals surface area contributed by atoms with Gasteiger partial charge in [-0.25, -0.2) is 13.2 Å². The Balaban J connectivity index is 1.94. The van der Waals surface area contributed by atoms with Crippen molar-refractivity contribution in [1.82, 2.24) is 4.31 Å². The van der Waals surface area contributed by atoms with E-state index in [4.69, 9.17) is 16.3 Å². The van der Waals surface area contributed by atoms with Crippen LogP contribution >= 0.6 is 11.6 Å². The predicted octanol–water partition coefficient (Wildman–Crippen LogP) is 4.27. The molecule has 5 nitrogen and oxygen atoms in total. The molecule has 1 aliphatic rings. The van der Waals surface area contributed by atoms with Crippen LogP contribution in [0.25, 0.3) is 0 Å². The van der Waals surface area contributed by atoms with E-state index in [2.05, 4.69) is 0 Å². The average Bonchev–Trinajstić information content (AvgIpc) is 3.17. The van der Waals surface area contributed by atoms with Crippen molar-refractivity contribution in [3.05, 3.63) is 57.6 Å². The van der Waals surface area contributed by atoms with Crippen molar-refractivity contribution in [2.45, 2.75) is 38.5 Å². The zero-order chi connectivity index (χ0) is 19.8. The number of halogens is 1. The third kappa shape index (κ3) is 3.88. The smallest absolute Gasteiger partial charge is 0.343 e. The molecule has 144 valence electrons. The highest BCUT2D eigenvalue weighted by Gasteiger charge is 2.30. The first-order valence-electron chi connectivity index (χ1n) is 8.80. The largest absolute Gasteiger partial charge is 0.422 e.